The van der Waals surface area contributed by atoms with Gasteiger partial charge in [0.2, 0.25) is 5.91 Å². The molecule has 1 N–H and O–H groups in total. The van der Waals surface area contributed by atoms with Crippen molar-refractivity contribution in [1.29, 1.82) is 0 Å². The quantitative estimate of drug-likeness (QED) is 0.790. The first-order valence-corrected chi connectivity index (χ1v) is 8.83. The minimum absolute atomic E-state index is 0.0172. The predicted molar refractivity (Wildman–Crippen MR) is 100 cm³/mol. The summed E-state index contributed by atoms with van der Waals surface area (Å²) >= 11 is 0. The molecule has 25 heavy (non-hydrogen) atoms. The number of benzene rings is 2. The number of rotatable bonds is 7. The van der Waals surface area contributed by atoms with Gasteiger partial charge < -0.3 is 10.2 Å². The number of nitrogens with one attached hydrogen (secondary N) is 1. The molecule has 1 aliphatic heterocycles. The number of carbonyl (C=O) groups is 2. The van der Waals surface area contributed by atoms with Crippen molar-refractivity contribution in [2.75, 3.05) is 24.5 Å². The van der Waals surface area contributed by atoms with E-state index in [-0.39, 0.29) is 24.5 Å². The molecule has 0 saturated heterocycles. The molecule has 4 nitrogen and oxygen atoms in total. The number of aryl methyl sites for hydroxylation is 1. The lowest BCUT2D eigenvalue weighted by Crippen LogP contribution is -2.34. The van der Waals surface area contributed by atoms with Gasteiger partial charge in [-0.1, -0.05) is 48.0 Å². The van der Waals surface area contributed by atoms with Crippen molar-refractivity contribution in [3.63, 3.8) is 0 Å². The third-order valence-electron chi connectivity index (χ3n) is 4.64. The van der Waals surface area contributed by atoms with E-state index in [1.807, 2.05) is 37.3 Å². The maximum Gasteiger partial charge on any atom is 0.220 e. The van der Waals surface area contributed by atoms with Crippen LogP contribution in [0.4, 0.5) is 5.69 Å². The number of para-hydroxylation sites is 1. The van der Waals surface area contributed by atoms with Crippen LogP contribution in [0.15, 0.2) is 48.5 Å². The molecule has 1 heterocycles. The maximum atomic E-state index is 12.1. The summed E-state index contributed by atoms with van der Waals surface area (Å²) in [5.41, 5.74) is 4.44. The van der Waals surface area contributed by atoms with E-state index in [2.05, 4.69) is 28.4 Å². The molecule has 3 rings (SSSR count). The van der Waals surface area contributed by atoms with Gasteiger partial charge >= 0.3 is 0 Å². The highest BCUT2D eigenvalue weighted by Crippen LogP contribution is 2.26. The van der Waals surface area contributed by atoms with E-state index in [0.717, 1.165) is 25.1 Å². The van der Waals surface area contributed by atoms with E-state index in [1.165, 1.54) is 11.3 Å². The summed E-state index contributed by atoms with van der Waals surface area (Å²) in [7, 11) is 0. The van der Waals surface area contributed by atoms with Crippen LogP contribution in [-0.2, 0) is 11.2 Å². The molecule has 0 bridgehead atoms. The molecule has 0 fully saturated rings. The zero-order valence-corrected chi connectivity index (χ0v) is 14.6. The molecule has 4 heteroatoms. The zero-order chi connectivity index (χ0) is 17.6. The number of nitrogens with zero attached hydrogens (tertiary/aromatic N) is 1. The van der Waals surface area contributed by atoms with Crippen LogP contribution in [0, 0.1) is 6.92 Å². The van der Waals surface area contributed by atoms with Gasteiger partial charge in [-0.15, -0.1) is 0 Å². The van der Waals surface area contributed by atoms with E-state index >= 15 is 0 Å². The van der Waals surface area contributed by atoms with Crippen molar-refractivity contribution in [2.24, 2.45) is 0 Å². The lowest BCUT2D eigenvalue weighted by Gasteiger charge is -2.19. The van der Waals surface area contributed by atoms with E-state index in [1.54, 1.807) is 0 Å². The van der Waals surface area contributed by atoms with Crippen LogP contribution < -0.4 is 10.2 Å². The van der Waals surface area contributed by atoms with Gasteiger partial charge in [0.15, 0.2) is 5.78 Å². The topological polar surface area (TPSA) is 49.4 Å². The van der Waals surface area contributed by atoms with Crippen LogP contribution >= 0.6 is 0 Å². The Kier molecular flexibility index (Phi) is 5.49. The van der Waals surface area contributed by atoms with Crippen molar-refractivity contribution in [1.82, 2.24) is 5.32 Å². The number of ketones is 1. The summed E-state index contributed by atoms with van der Waals surface area (Å²) in [5.74, 6) is -0.0448. The number of hydrogen-bond acceptors (Lipinski definition) is 3. The average molecular weight is 336 g/mol. The van der Waals surface area contributed by atoms with Crippen LogP contribution in [0.2, 0.25) is 0 Å². The summed E-state index contributed by atoms with van der Waals surface area (Å²) in [6.45, 7) is 4.39. The van der Waals surface area contributed by atoms with Gasteiger partial charge in [-0.3, -0.25) is 9.59 Å². The minimum Gasteiger partial charge on any atom is -0.369 e. The number of carbonyl (C=O) groups excluding carboxylic acids is 2. The summed E-state index contributed by atoms with van der Waals surface area (Å²) in [6.07, 6.45) is 1.56. The van der Waals surface area contributed by atoms with Gasteiger partial charge in [0, 0.05) is 43.7 Å². The van der Waals surface area contributed by atoms with Crippen LogP contribution in [0.5, 0.6) is 0 Å². The predicted octanol–water partition coefficient (Wildman–Crippen LogP) is 3.14. The van der Waals surface area contributed by atoms with Crippen LogP contribution in [-0.4, -0.2) is 31.3 Å². The van der Waals surface area contributed by atoms with Crippen LogP contribution in [0.1, 0.15) is 34.3 Å². The van der Waals surface area contributed by atoms with Crippen molar-refractivity contribution in [3.8, 4) is 0 Å². The summed E-state index contributed by atoms with van der Waals surface area (Å²) < 4.78 is 0. The fourth-order valence-electron chi connectivity index (χ4n) is 3.17. The molecule has 2 aromatic rings. The standard InChI is InChI=1S/C21H24N2O2/c1-16-6-8-18(9-7-16)20(24)10-11-21(25)22-13-15-23-14-12-17-4-2-3-5-19(17)23/h2-9H,10-15H2,1H3,(H,22,25). The molecule has 1 aliphatic rings. The van der Waals surface area contributed by atoms with Crippen LogP contribution in [0.25, 0.3) is 0 Å². The normalized spacial score (nSPS) is 12.8. The lowest BCUT2D eigenvalue weighted by molar-refractivity contribution is -0.121. The number of hydrogen-bond donors (Lipinski definition) is 1. The van der Waals surface area contributed by atoms with E-state index in [9.17, 15) is 9.59 Å². The number of anilines is 1. The Balaban J connectivity index is 1.39. The van der Waals surface area contributed by atoms with Crippen LogP contribution in [0.3, 0.4) is 0 Å². The molecule has 1 amide bonds. The van der Waals surface area contributed by atoms with Crippen molar-refractivity contribution < 1.29 is 9.59 Å². The van der Waals surface area contributed by atoms with Crippen molar-refractivity contribution in [2.45, 2.75) is 26.2 Å². The second-order valence-electron chi connectivity index (χ2n) is 6.50. The number of amides is 1. The largest absolute Gasteiger partial charge is 0.369 e. The smallest absolute Gasteiger partial charge is 0.220 e. The lowest BCUT2D eigenvalue weighted by atomic mass is 10.1. The molecule has 0 radical (unpaired) electrons. The number of fused-ring (bicyclic) bond motifs is 1. The van der Waals surface area contributed by atoms with Crippen molar-refractivity contribution in [3.05, 3.63) is 65.2 Å². The average Bonchev–Trinajstić information content (AvgIpc) is 3.04. The summed E-state index contributed by atoms with van der Waals surface area (Å²) in [4.78, 5) is 26.4. The molecule has 0 atom stereocenters. The highest BCUT2D eigenvalue weighted by atomic mass is 16.2. The first-order chi connectivity index (χ1) is 12.1. The van der Waals surface area contributed by atoms with Gasteiger partial charge in [-0.2, -0.15) is 0 Å². The second kappa shape index (κ2) is 7.97. The Bertz CT molecular complexity index is 753. The van der Waals surface area contributed by atoms with Gasteiger partial charge in [-0.25, -0.2) is 0 Å². The molecule has 130 valence electrons. The molecular weight excluding hydrogens is 312 g/mol. The molecule has 0 aliphatic carbocycles. The molecule has 0 spiro atoms. The summed E-state index contributed by atoms with van der Waals surface area (Å²) in [5, 5.41) is 2.92. The highest BCUT2D eigenvalue weighted by molar-refractivity contribution is 5.97. The number of Topliss-reactive ketones (excluding diaryl/α,β-unsaturated/α-hetero) is 1. The Morgan fingerprint density at radius 2 is 1.80 bits per heavy atom. The third kappa shape index (κ3) is 4.47. The van der Waals surface area contributed by atoms with E-state index < -0.39 is 0 Å². The van der Waals surface area contributed by atoms with Gasteiger partial charge in [0.25, 0.3) is 0 Å². The maximum absolute atomic E-state index is 12.1. The monoisotopic (exact) mass is 336 g/mol. The third-order valence-corrected chi connectivity index (χ3v) is 4.64. The fourth-order valence-corrected chi connectivity index (χ4v) is 3.17. The Morgan fingerprint density at radius 1 is 1.04 bits per heavy atom. The molecule has 2 aromatic carbocycles. The highest BCUT2D eigenvalue weighted by Gasteiger charge is 2.17. The Labute approximate surface area is 148 Å². The second-order valence-corrected chi connectivity index (χ2v) is 6.50. The fraction of sp³-hybridized carbons (Fsp3) is 0.333. The zero-order valence-electron chi connectivity index (χ0n) is 14.6. The van der Waals surface area contributed by atoms with Gasteiger partial charge in [0.05, 0.1) is 0 Å². The molecular formula is C21H24N2O2. The minimum atomic E-state index is -0.0621. The first-order valence-electron chi connectivity index (χ1n) is 8.83. The van der Waals surface area contributed by atoms with E-state index in [4.69, 9.17) is 0 Å². The molecule has 0 unspecified atom stereocenters. The SMILES string of the molecule is Cc1ccc(C(=O)CCC(=O)NCCN2CCc3ccccc32)cc1. The first kappa shape index (κ1) is 17.2. The molecule has 0 saturated carbocycles. The van der Waals surface area contributed by atoms with Gasteiger partial charge in [0.1, 0.15) is 0 Å². The molecule has 0 aromatic heterocycles. The Hall–Kier alpha value is -2.62. The van der Waals surface area contributed by atoms with Gasteiger partial charge in [-0.05, 0) is 25.0 Å². The van der Waals surface area contributed by atoms with E-state index in [0.29, 0.717) is 12.1 Å². The summed E-state index contributed by atoms with van der Waals surface area (Å²) in [6, 6.07) is 15.9. The Morgan fingerprint density at radius 3 is 2.60 bits per heavy atom. The van der Waals surface area contributed by atoms with Crippen molar-refractivity contribution >= 4 is 17.4 Å².